The molecule has 0 spiro atoms. The molecular weight excluding hydrogens is 472 g/mol. The summed E-state index contributed by atoms with van der Waals surface area (Å²) in [4.78, 5) is 11.7. The Labute approximate surface area is 198 Å². The quantitative estimate of drug-likeness (QED) is 0.199. The lowest BCUT2D eigenvalue weighted by atomic mass is 9.97. The van der Waals surface area contributed by atoms with E-state index >= 15 is 0 Å². The molecule has 0 bridgehead atoms. The van der Waals surface area contributed by atoms with Gasteiger partial charge in [0, 0.05) is 17.5 Å². The van der Waals surface area contributed by atoms with Crippen molar-refractivity contribution >= 4 is 11.0 Å². The average Bonchev–Trinajstić information content (AvgIpc) is 2.83. The molecule has 35 heavy (non-hydrogen) atoms. The minimum Gasteiger partial charge on any atom is -0.462 e. The van der Waals surface area contributed by atoms with E-state index in [4.69, 9.17) is 23.4 Å². The third-order valence-electron chi connectivity index (χ3n) is 6.14. The van der Waals surface area contributed by atoms with Crippen molar-refractivity contribution in [2.24, 2.45) is 0 Å². The minimum absolute atomic E-state index is 0.146. The van der Waals surface area contributed by atoms with Crippen molar-refractivity contribution in [3.05, 3.63) is 40.2 Å². The Morgan fingerprint density at radius 2 is 1.49 bits per heavy atom. The summed E-state index contributed by atoms with van der Waals surface area (Å²) in [6, 6.07) is 5.94. The zero-order valence-electron chi connectivity index (χ0n) is 18.6. The van der Waals surface area contributed by atoms with E-state index in [-0.39, 0.29) is 11.3 Å². The van der Waals surface area contributed by atoms with Gasteiger partial charge in [0.1, 0.15) is 60.2 Å². The maximum absolute atomic E-state index is 11.7. The summed E-state index contributed by atoms with van der Waals surface area (Å²) in [7, 11) is 0. The maximum Gasteiger partial charge on any atom is 0.336 e. The van der Waals surface area contributed by atoms with Crippen LogP contribution in [0.25, 0.3) is 11.0 Å². The molecule has 2 aliphatic rings. The molecular formula is C22H28O13. The van der Waals surface area contributed by atoms with E-state index in [9.17, 15) is 40.5 Å². The molecule has 0 saturated carbocycles. The summed E-state index contributed by atoms with van der Waals surface area (Å²) in [6.45, 7) is 0.352. The smallest absolute Gasteiger partial charge is 0.336 e. The highest BCUT2D eigenvalue weighted by molar-refractivity contribution is 5.81. The summed E-state index contributed by atoms with van der Waals surface area (Å²) < 4.78 is 27.1. The van der Waals surface area contributed by atoms with Gasteiger partial charge in [0.25, 0.3) is 0 Å². The molecule has 2 saturated heterocycles. The lowest BCUT2D eigenvalue weighted by molar-refractivity contribution is -0.352. The van der Waals surface area contributed by atoms with Crippen LogP contribution in [-0.2, 0) is 14.2 Å². The molecule has 13 heteroatoms. The van der Waals surface area contributed by atoms with Gasteiger partial charge in [-0.1, -0.05) is 0 Å². The topological polar surface area (TPSA) is 209 Å². The molecule has 2 aliphatic heterocycles. The lowest BCUT2D eigenvalue weighted by Crippen LogP contribution is -2.65. The van der Waals surface area contributed by atoms with Gasteiger partial charge in [0.05, 0.1) is 13.2 Å². The number of benzene rings is 1. The van der Waals surface area contributed by atoms with Gasteiger partial charge in [-0.05, 0) is 24.6 Å². The molecule has 7 N–H and O–H groups in total. The molecule has 4 rings (SSSR count). The fraction of sp³-hybridized carbons (Fsp3) is 0.591. The Kier molecular flexibility index (Phi) is 7.73. The highest BCUT2D eigenvalue weighted by atomic mass is 16.7. The number of hydrogen-bond donors (Lipinski definition) is 7. The fourth-order valence-electron chi connectivity index (χ4n) is 4.17. The SMILES string of the molecule is Cc1cc(=O)oc2cc(O[C@@H]3O[C@@H](CO)[C@@H](O[C@@H]4O[C@H](CO)[C@@H](O)[C@@H](O)[C@H]4O)[C@@H](O)[C@H]3O)ccc12. The number of aliphatic hydroxyl groups excluding tert-OH is 7. The number of ether oxygens (including phenoxy) is 4. The summed E-state index contributed by atoms with van der Waals surface area (Å²) in [5, 5.41) is 71.1. The molecule has 2 fully saturated rings. The second kappa shape index (κ2) is 10.4. The highest BCUT2D eigenvalue weighted by Gasteiger charge is 2.51. The summed E-state index contributed by atoms with van der Waals surface area (Å²) >= 11 is 0. The van der Waals surface area contributed by atoms with Crippen molar-refractivity contribution < 1.29 is 59.1 Å². The molecule has 13 nitrogen and oxygen atoms in total. The first-order valence-electron chi connectivity index (χ1n) is 10.9. The van der Waals surface area contributed by atoms with Crippen LogP contribution in [0.1, 0.15) is 5.56 Å². The van der Waals surface area contributed by atoms with E-state index in [1.165, 1.54) is 12.1 Å². The van der Waals surface area contributed by atoms with E-state index in [1.54, 1.807) is 19.1 Å². The molecule has 2 aromatic rings. The molecule has 0 radical (unpaired) electrons. The molecule has 1 aromatic heterocycles. The van der Waals surface area contributed by atoms with Gasteiger partial charge < -0.3 is 59.1 Å². The Morgan fingerprint density at radius 1 is 0.829 bits per heavy atom. The normalized spacial score (nSPS) is 37.9. The maximum atomic E-state index is 11.7. The molecule has 0 aliphatic carbocycles. The highest BCUT2D eigenvalue weighted by Crippen LogP contribution is 2.31. The minimum atomic E-state index is -1.76. The van der Waals surface area contributed by atoms with E-state index in [0.717, 1.165) is 0 Å². The zero-order chi connectivity index (χ0) is 25.4. The monoisotopic (exact) mass is 500 g/mol. The van der Waals surface area contributed by atoms with Crippen LogP contribution >= 0.6 is 0 Å². The van der Waals surface area contributed by atoms with E-state index in [2.05, 4.69) is 0 Å². The van der Waals surface area contributed by atoms with Crippen molar-refractivity contribution in [1.29, 1.82) is 0 Å². The first-order valence-corrected chi connectivity index (χ1v) is 10.9. The lowest BCUT2D eigenvalue weighted by Gasteiger charge is -2.45. The van der Waals surface area contributed by atoms with Crippen molar-refractivity contribution in [1.82, 2.24) is 0 Å². The standard InChI is InChI=1S/C22H28O13/c1-8-4-14(25)32-11-5-9(2-3-10(8)11)31-21-19(30)17(28)20(13(7-24)34-21)35-22-18(29)16(27)15(26)12(6-23)33-22/h2-5,12-13,15-24,26-30H,6-7H2,1H3/t12-,13+,15-,16-,17+,18-,19-,20-,21-,22+/m1/s1. The predicted molar refractivity (Wildman–Crippen MR) is 114 cm³/mol. The van der Waals surface area contributed by atoms with Crippen molar-refractivity contribution in [3.63, 3.8) is 0 Å². The van der Waals surface area contributed by atoms with E-state index < -0.39 is 80.3 Å². The van der Waals surface area contributed by atoms with Crippen LogP contribution in [0.3, 0.4) is 0 Å². The van der Waals surface area contributed by atoms with E-state index in [0.29, 0.717) is 10.9 Å². The third-order valence-corrected chi connectivity index (χ3v) is 6.14. The van der Waals surface area contributed by atoms with Gasteiger partial charge in [0.2, 0.25) is 6.29 Å². The molecule has 10 atom stereocenters. The zero-order valence-corrected chi connectivity index (χ0v) is 18.6. The number of hydrogen-bond acceptors (Lipinski definition) is 13. The third kappa shape index (κ3) is 5.06. The van der Waals surface area contributed by atoms with Crippen molar-refractivity contribution in [3.8, 4) is 5.75 Å². The Bertz CT molecular complexity index is 1070. The van der Waals surface area contributed by atoms with Gasteiger partial charge in [-0.25, -0.2) is 4.79 Å². The van der Waals surface area contributed by atoms with Crippen molar-refractivity contribution in [2.45, 2.75) is 68.3 Å². The number of aryl methyl sites for hydroxylation is 1. The van der Waals surface area contributed by atoms with Crippen LogP contribution in [0.4, 0.5) is 0 Å². The molecule has 194 valence electrons. The van der Waals surface area contributed by atoms with Crippen LogP contribution in [0.2, 0.25) is 0 Å². The van der Waals surface area contributed by atoms with Gasteiger partial charge in [-0.3, -0.25) is 0 Å². The first kappa shape index (κ1) is 25.9. The van der Waals surface area contributed by atoms with Crippen LogP contribution in [0.15, 0.2) is 33.5 Å². The van der Waals surface area contributed by atoms with Gasteiger partial charge in [-0.15, -0.1) is 0 Å². The largest absolute Gasteiger partial charge is 0.462 e. The Morgan fingerprint density at radius 3 is 2.17 bits per heavy atom. The number of rotatable bonds is 6. The molecule has 0 unspecified atom stereocenters. The average molecular weight is 500 g/mol. The first-order chi connectivity index (χ1) is 16.6. The summed E-state index contributed by atoms with van der Waals surface area (Å²) in [5.74, 6) is 0.146. The van der Waals surface area contributed by atoms with Crippen LogP contribution in [0.5, 0.6) is 5.75 Å². The fourth-order valence-corrected chi connectivity index (χ4v) is 4.17. The van der Waals surface area contributed by atoms with Crippen molar-refractivity contribution in [2.75, 3.05) is 13.2 Å². The molecule has 3 heterocycles. The number of fused-ring (bicyclic) bond motifs is 1. The van der Waals surface area contributed by atoms with Gasteiger partial charge in [-0.2, -0.15) is 0 Å². The van der Waals surface area contributed by atoms with Gasteiger partial charge >= 0.3 is 5.63 Å². The summed E-state index contributed by atoms with van der Waals surface area (Å²) in [6.07, 6.45) is -15.6. The van der Waals surface area contributed by atoms with Crippen LogP contribution < -0.4 is 10.4 Å². The Hall–Kier alpha value is -2.17. The summed E-state index contributed by atoms with van der Waals surface area (Å²) in [5.41, 5.74) is 0.381. The predicted octanol–water partition coefficient (Wildman–Crippen LogP) is -2.90. The van der Waals surface area contributed by atoms with Gasteiger partial charge in [0.15, 0.2) is 6.29 Å². The van der Waals surface area contributed by atoms with Crippen LogP contribution in [0, 0.1) is 6.92 Å². The van der Waals surface area contributed by atoms with E-state index in [1.807, 2.05) is 0 Å². The second-order valence-electron chi connectivity index (χ2n) is 8.53. The Balaban J connectivity index is 1.50. The second-order valence-corrected chi connectivity index (χ2v) is 8.53. The molecule has 0 amide bonds. The number of aliphatic hydroxyl groups is 7. The van der Waals surface area contributed by atoms with Crippen LogP contribution in [-0.4, -0.2) is 110 Å². The molecule has 1 aromatic carbocycles.